The molecule has 0 spiro atoms. The average molecular weight is 233 g/mol. The molecular formula is C15H23NO. The Morgan fingerprint density at radius 1 is 1.18 bits per heavy atom. The number of hydrogen-bond acceptors (Lipinski definition) is 1. The summed E-state index contributed by atoms with van der Waals surface area (Å²) in [7, 11) is 0. The molecule has 0 saturated heterocycles. The molecule has 0 fully saturated rings. The highest BCUT2D eigenvalue weighted by molar-refractivity contribution is 5.88. The van der Waals surface area contributed by atoms with Gasteiger partial charge in [0.15, 0.2) is 0 Å². The fourth-order valence-electron chi connectivity index (χ4n) is 1.78. The van der Waals surface area contributed by atoms with Gasteiger partial charge in [-0.25, -0.2) is 0 Å². The van der Waals surface area contributed by atoms with Crippen molar-refractivity contribution in [3.63, 3.8) is 0 Å². The number of aryl methyl sites for hydroxylation is 1. The summed E-state index contributed by atoms with van der Waals surface area (Å²) < 4.78 is 0. The van der Waals surface area contributed by atoms with Crippen molar-refractivity contribution in [1.82, 2.24) is 0 Å². The van der Waals surface area contributed by atoms with E-state index in [-0.39, 0.29) is 5.91 Å². The van der Waals surface area contributed by atoms with Gasteiger partial charge in [-0.2, -0.15) is 0 Å². The second-order valence-electron chi connectivity index (χ2n) is 5.79. The summed E-state index contributed by atoms with van der Waals surface area (Å²) in [6, 6.07) is 8.11. The number of benzene rings is 1. The first-order chi connectivity index (χ1) is 7.87. The second-order valence-corrected chi connectivity index (χ2v) is 5.79. The molecule has 0 radical (unpaired) electrons. The minimum absolute atomic E-state index is 0.0227. The van der Waals surface area contributed by atoms with Gasteiger partial charge >= 0.3 is 0 Å². The normalized spacial score (nSPS) is 11.3. The SMILES string of the molecule is CC(=O)Nc1ccc(CCCC(C)(C)C)cc1. The summed E-state index contributed by atoms with van der Waals surface area (Å²) >= 11 is 0. The molecule has 0 aromatic heterocycles. The van der Waals surface area contributed by atoms with Gasteiger partial charge in [0, 0.05) is 12.6 Å². The third-order valence-electron chi connectivity index (χ3n) is 2.67. The summed E-state index contributed by atoms with van der Waals surface area (Å²) in [5.74, 6) is -0.0227. The van der Waals surface area contributed by atoms with Gasteiger partial charge in [-0.15, -0.1) is 0 Å². The standard InChI is InChI=1S/C15H23NO/c1-12(17)16-14-9-7-13(8-10-14)6-5-11-15(2,3)4/h7-10H,5-6,11H2,1-4H3,(H,16,17). The van der Waals surface area contributed by atoms with Gasteiger partial charge in [-0.3, -0.25) is 4.79 Å². The third-order valence-corrected chi connectivity index (χ3v) is 2.67. The van der Waals surface area contributed by atoms with Gasteiger partial charge in [0.25, 0.3) is 0 Å². The zero-order chi connectivity index (χ0) is 12.9. The maximum atomic E-state index is 10.9. The number of hydrogen-bond donors (Lipinski definition) is 1. The molecule has 2 heteroatoms. The molecule has 2 nitrogen and oxygen atoms in total. The predicted octanol–water partition coefficient (Wildman–Crippen LogP) is 4.01. The molecule has 0 atom stereocenters. The van der Waals surface area contributed by atoms with E-state index in [2.05, 4.69) is 38.2 Å². The molecule has 1 amide bonds. The molecule has 0 aliphatic carbocycles. The quantitative estimate of drug-likeness (QED) is 0.836. The number of carbonyl (C=O) groups excluding carboxylic acids is 1. The fraction of sp³-hybridized carbons (Fsp3) is 0.533. The van der Waals surface area contributed by atoms with Gasteiger partial charge in [0.05, 0.1) is 0 Å². The van der Waals surface area contributed by atoms with E-state index < -0.39 is 0 Å². The van der Waals surface area contributed by atoms with Crippen LogP contribution in [-0.4, -0.2) is 5.91 Å². The molecule has 0 saturated carbocycles. The maximum Gasteiger partial charge on any atom is 0.221 e. The Hall–Kier alpha value is -1.31. The Morgan fingerprint density at radius 3 is 2.24 bits per heavy atom. The summed E-state index contributed by atoms with van der Waals surface area (Å²) in [6.07, 6.45) is 3.56. The van der Waals surface area contributed by atoms with E-state index in [4.69, 9.17) is 0 Å². The first-order valence-corrected chi connectivity index (χ1v) is 6.23. The predicted molar refractivity (Wildman–Crippen MR) is 73.1 cm³/mol. The number of rotatable bonds is 4. The summed E-state index contributed by atoms with van der Waals surface area (Å²) in [5.41, 5.74) is 2.62. The van der Waals surface area contributed by atoms with Crippen LogP contribution in [0.3, 0.4) is 0 Å². The van der Waals surface area contributed by atoms with Crippen molar-refractivity contribution in [2.45, 2.75) is 47.0 Å². The smallest absolute Gasteiger partial charge is 0.221 e. The van der Waals surface area contributed by atoms with Crippen LogP contribution in [0.15, 0.2) is 24.3 Å². The molecule has 1 aromatic carbocycles. The van der Waals surface area contributed by atoms with Crippen LogP contribution in [0.1, 0.15) is 46.1 Å². The van der Waals surface area contributed by atoms with Crippen molar-refractivity contribution in [2.24, 2.45) is 5.41 Å². The maximum absolute atomic E-state index is 10.9. The fourth-order valence-corrected chi connectivity index (χ4v) is 1.78. The van der Waals surface area contributed by atoms with Gasteiger partial charge < -0.3 is 5.32 Å². The second kappa shape index (κ2) is 5.85. The number of anilines is 1. The average Bonchev–Trinajstić information content (AvgIpc) is 2.18. The molecule has 0 heterocycles. The Kier molecular flexibility index (Phi) is 4.73. The molecular weight excluding hydrogens is 210 g/mol. The molecule has 0 aliphatic heterocycles. The van der Waals surface area contributed by atoms with Crippen molar-refractivity contribution >= 4 is 11.6 Å². The molecule has 0 unspecified atom stereocenters. The lowest BCUT2D eigenvalue weighted by molar-refractivity contribution is -0.114. The highest BCUT2D eigenvalue weighted by Gasteiger charge is 2.09. The van der Waals surface area contributed by atoms with Gasteiger partial charge in [-0.05, 0) is 42.4 Å². The Bertz CT molecular complexity index is 360. The van der Waals surface area contributed by atoms with Crippen LogP contribution >= 0.6 is 0 Å². The van der Waals surface area contributed by atoms with Crippen molar-refractivity contribution < 1.29 is 4.79 Å². The topological polar surface area (TPSA) is 29.1 Å². The van der Waals surface area contributed by atoms with Crippen LogP contribution in [0.2, 0.25) is 0 Å². The lowest BCUT2D eigenvalue weighted by Gasteiger charge is -2.17. The minimum atomic E-state index is -0.0227. The van der Waals surface area contributed by atoms with Crippen LogP contribution in [-0.2, 0) is 11.2 Å². The first kappa shape index (κ1) is 13.8. The van der Waals surface area contributed by atoms with Crippen LogP contribution in [0.5, 0.6) is 0 Å². The van der Waals surface area contributed by atoms with Gasteiger partial charge in [0.1, 0.15) is 0 Å². The van der Waals surface area contributed by atoms with Crippen LogP contribution < -0.4 is 5.32 Å². The monoisotopic (exact) mass is 233 g/mol. The third kappa shape index (κ3) is 6.10. The summed E-state index contributed by atoms with van der Waals surface area (Å²) in [5, 5.41) is 2.77. The largest absolute Gasteiger partial charge is 0.326 e. The summed E-state index contributed by atoms with van der Waals surface area (Å²) in [4.78, 5) is 10.9. The zero-order valence-corrected chi connectivity index (χ0v) is 11.3. The zero-order valence-electron chi connectivity index (χ0n) is 11.3. The highest BCUT2D eigenvalue weighted by atomic mass is 16.1. The van der Waals surface area contributed by atoms with E-state index >= 15 is 0 Å². The molecule has 1 aromatic rings. The molecule has 0 bridgehead atoms. The number of nitrogens with one attached hydrogen (secondary N) is 1. The summed E-state index contributed by atoms with van der Waals surface area (Å²) in [6.45, 7) is 8.34. The molecule has 1 rings (SSSR count). The molecule has 0 aliphatic rings. The van der Waals surface area contributed by atoms with E-state index in [1.807, 2.05) is 12.1 Å². The lowest BCUT2D eigenvalue weighted by atomic mass is 9.89. The minimum Gasteiger partial charge on any atom is -0.326 e. The van der Waals surface area contributed by atoms with E-state index in [1.165, 1.54) is 25.3 Å². The first-order valence-electron chi connectivity index (χ1n) is 6.23. The van der Waals surface area contributed by atoms with E-state index in [0.29, 0.717) is 5.41 Å². The Balaban J connectivity index is 2.43. The molecule has 17 heavy (non-hydrogen) atoms. The molecule has 94 valence electrons. The Morgan fingerprint density at radius 2 is 1.76 bits per heavy atom. The van der Waals surface area contributed by atoms with Gasteiger partial charge in [-0.1, -0.05) is 32.9 Å². The number of amides is 1. The molecule has 1 N–H and O–H groups in total. The number of carbonyl (C=O) groups is 1. The lowest BCUT2D eigenvalue weighted by Crippen LogP contribution is -2.06. The van der Waals surface area contributed by atoms with Crippen molar-refractivity contribution in [3.8, 4) is 0 Å². The van der Waals surface area contributed by atoms with E-state index in [9.17, 15) is 4.79 Å². The van der Waals surface area contributed by atoms with Crippen LogP contribution in [0.25, 0.3) is 0 Å². The Labute approximate surface area is 104 Å². The van der Waals surface area contributed by atoms with Crippen molar-refractivity contribution in [1.29, 1.82) is 0 Å². The van der Waals surface area contributed by atoms with Crippen LogP contribution in [0, 0.1) is 5.41 Å². The highest BCUT2D eigenvalue weighted by Crippen LogP contribution is 2.22. The van der Waals surface area contributed by atoms with E-state index in [0.717, 1.165) is 12.1 Å². The van der Waals surface area contributed by atoms with Crippen molar-refractivity contribution in [2.75, 3.05) is 5.32 Å². The van der Waals surface area contributed by atoms with Crippen molar-refractivity contribution in [3.05, 3.63) is 29.8 Å². The van der Waals surface area contributed by atoms with Gasteiger partial charge in [0.2, 0.25) is 5.91 Å². The van der Waals surface area contributed by atoms with Crippen LogP contribution in [0.4, 0.5) is 5.69 Å². The van der Waals surface area contributed by atoms with E-state index in [1.54, 1.807) is 0 Å².